The van der Waals surface area contributed by atoms with Gasteiger partial charge >= 0.3 is 0 Å². The van der Waals surface area contributed by atoms with E-state index in [0.717, 1.165) is 17.3 Å². The number of carbonyl (C=O) groups excluding carboxylic acids is 3. The Kier molecular flexibility index (Phi) is 7.76. The molecular weight excluding hydrogens is 430 g/mol. The molecule has 9 nitrogen and oxygen atoms in total. The zero-order chi connectivity index (χ0) is 22.9. The summed E-state index contributed by atoms with van der Waals surface area (Å²) in [7, 11) is 0. The van der Waals surface area contributed by atoms with Crippen molar-refractivity contribution in [3.8, 4) is 0 Å². The number of nitrogens with zero attached hydrogens (tertiary/aromatic N) is 1. The zero-order valence-corrected chi connectivity index (χ0v) is 17.8. The first kappa shape index (κ1) is 22.8. The number of primary amides is 1. The quantitative estimate of drug-likeness (QED) is 0.286. The fourth-order valence-corrected chi connectivity index (χ4v) is 3.41. The van der Waals surface area contributed by atoms with E-state index in [2.05, 4.69) is 20.6 Å². The molecule has 0 bridgehead atoms. The molecule has 0 aliphatic rings. The molecule has 0 radical (unpaired) electrons. The van der Waals surface area contributed by atoms with Crippen LogP contribution in [0.2, 0.25) is 0 Å². The van der Waals surface area contributed by atoms with Gasteiger partial charge in [-0.25, -0.2) is 4.98 Å². The third kappa shape index (κ3) is 7.10. The number of rotatable bonds is 9. The molecule has 10 heteroatoms. The number of aromatic nitrogens is 2. The fourth-order valence-electron chi connectivity index (χ4n) is 2.71. The average Bonchev–Trinajstić information content (AvgIpc) is 2.77. The number of nitrogens with one attached hydrogen (secondary N) is 3. The topological polar surface area (TPSA) is 147 Å². The van der Waals surface area contributed by atoms with Crippen molar-refractivity contribution in [3.05, 3.63) is 87.8 Å². The third-order valence-electron chi connectivity index (χ3n) is 4.24. The van der Waals surface area contributed by atoms with E-state index in [9.17, 15) is 19.2 Å². The van der Waals surface area contributed by atoms with Gasteiger partial charge in [-0.2, -0.15) is 0 Å². The van der Waals surface area contributed by atoms with Crippen LogP contribution in [0.25, 0.3) is 0 Å². The molecule has 5 N–H and O–H groups in total. The van der Waals surface area contributed by atoms with Crippen molar-refractivity contribution < 1.29 is 14.4 Å². The summed E-state index contributed by atoms with van der Waals surface area (Å²) in [5.74, 6) is -1.15. The molecule has 3 aromatic rings. The minimum Gasteiger partial charge on any atom is -0.366 e. The first-order chi connectivity index (χ1) is 15.4. The molecule has 3 rings (SSSR count). The number of aromatic amines is 1. The molecule has 0 aliphatic heterocycles. The monoisotopic (exact) mass is 451 g/mol. The summed E-state index contributed by atoms with van der Waals surface area (Å²) in [6.07, 6.45) is -0.0529. The van der Waals surface area contributed by atoms with Gasteiger partial charge < -0.3 is 21.4 Å². The Labute approximate surface area is 187 Å². The molecule has 164 valence electrons. The molecule has 0 spiro atoms. The normalized spacial score (nSPS) is 10.4. The lowest BCUT2D eigenvalue weighted by atomic mass is 10.2. The summed E-state index contributed by atoms with van der Waals surface area (Å²) >= 11 is 1.04. The molecule has 0 atom stereocenters. The molecule has 1 heterocycles. The molecule has 0 saturated carbocycles. The second-order valence-electron chi connectivity index (χ2n) is 6.76. The highest BCUT2D eigenvalue weighted by Crippen LogP contribution is 2.14. The van der Waals surface area contributed by atoms with Crippen LogP contribution in [0.4, 0.5) is 5.69 Å². The summed E-state index contributed by atoms with van der Waals surface area (Å²) in [4.78, 5) is 54.2. The minimum atomic E-state index is -0.554. The van der Waals surface area contributed by atoms with Gasteiger partial charge in [0.1, 0.15) is 0 Å². The third-order valence-corrected chi connectivity index (χ3v) is 5.11. The average molecular weight is 452 g/mol. The summed E-state index contributed by atoms with van der Waals surface area (Å²) in [6.45, 7) is 0.380. The van der Waals surface area contributed by atoms with Crippen LogP contribution in [0.1, 0.15) is 21.6 Å². The Bertz CT molecular complexity index is 1160. The predicted molar refractivity (Wildman–Crippen MR) is 121 cm³/mol. The van der Waals surface area contributed by atoms with E-state index in [4.69, 9.17) is 5.73 Å². The number of benzene rings is 2. The summed E-state index contributed by atoms with van der Waals surface area (Å²) < 4.78 is 0. The summed E-state index contributed by atoms with van der Waals surface area (Å²) in [5.41, 5.74) is 6.89. The van der Waals surface area contributed by atoms with Crippen molar-refractivity contribution in [1.29, 1.82) is 0 Å². The van der Waals surface area contributed by atoms with Crippen molar-refractivity contribution in [2.75, 3.05) is 11.1 Å². The number of amides is 3. The molecule has 0 aliphatic carbocycles. The van der Waals surface area contributed by atoms with Crippen molar-refractivity contribution >= 4 is 35.2 Å². The van der Waals surface area contributed by atoms with Crippen molar-refractivity contribution in [2.24, 2.45) is 5.73 Å². The largest absolute Gasteiger partial charge is 0.366 e. The fraction of sp³-hybridized carbons (Fsp3) is 0.136. The van der Waals surface area contributed by atoms with Crippen LogP contribution in [-0.2, 0) is 22.6 Å². The Morgan fingerprint density at radius 2 is 1.72 bits per heavy atom. The maximum atomic E-state index is 12.2. The van der Waals surface area contributed by atoms with Crippen LogP contribution in [0.3, 0.4) is 0 Å². The number of thioether (sulfide) groups is 1. The van der Waals surface area contributed by atoms with Crippen LogP contribution in [-0.4, -0.2) is 33.4 Å². The lowest BCUT2D eigenvalue weighted by molar-refractivity contribution is -0.120. The highest BCUT2D eigenvalue weighted by atomic mass is 32.2. The number of H-pyrrole nitrogens is 1. The lowest BCUT2D eigenvalue weighted by Crippen LogP contribution is -2.26. The first-order valence-electron chi connectivity index (χ1n) is 9.62. The Morgan fingerprint density at radius 1 is 1.00 bits per heavy atom. The SMILES string of the molecule is NC(=O)c1ccc(NC(=O)CSc2nc(CC(=O)NCc3ccccc3)cc(=O)[nH]2)cc1. The van der Waals surface area contributed by atoms with Gasteiger partial charge in [-0.05, 0) is 29.8 Å². The van der Waals surface area contributed by atoms with E-state index in [1.165, 1.54) is 18.2 Å². The first-order valence-corrected chi connectivity index (χ1v) is 10.6. The number of carbonyl (C=O) groups is 3. The molecule has 3 amide bonds. The van der Waals surface area contributed by atoms with E-state index in [1.807, 2.05) is 30.3 Å². The van der Waals surface area contributed by atoms with Gasteiger partial charge in [0.2, 0.25) is 17.7 Å². The van der Waals surface area contributed by atoms with Crippen LogP contribution < -0.4 is 21.9 Å². The molecule has 1 aromatic heterocycles. The van der Waals surface area contributed by atoms with E-state index >= 15 is 0 Å². The van der Waals surface area contributed by atoms with E-state index in [0.29, 0.717) is 23.5 Å². The molecule has 0 fully saturated rings. The van der Waals surface area contributed by atoms with E-state index in [1.54, 1.807) is 12.1 Å². The zero-order valence-electron chi connectivity index (χ0n) is 17.0. The van der Waals surface area contributed by atoms with Gasteiger partial charge in [-0.3, -0.25) is 19.2 Å². The molecular formula is C22H21N5O4S. The van der Waals surface area contributed by atoms with Gasteiger partial charge in [-0.15, -0.1) is 0 Å². The Balaban J connectivity index is 1.52. The summed E-state index contributed by atoms with van der Waals surface area (Å²) in [6, 6.07) is 16.9. The van der Waals surface area contributed by atoms with Crippen molar-refractivity contribution in [2.45, 2.75) is 18.1 Å². The second-order valence-corrected chi connectivity index (χ2v) is 7.72. The highest BCUT2D eigenvalue weighted by Gasteiger charge is 2.10. The molecule has 0 saturated heterocycles. The van der Waals surface area contributed by atoms with Crippen LogP contribution >= 0.6 is 11.8 Å². The number of hydrogen-bond acceptors (Lipinski definition) is 6. The molecule has 32 heavy (non-hydrogen) atoms. The van der Waals surface area contributed by atoms with Gasteiger partial charge in [0.25, 0.3) is 5.56 Å². The lowest BCUT2D eigenvalue weighted by Gasteiger charge is -2.07. The number of hydrogen-bond donors (Lipinski definition) is 4. The predicted octanol–water partition coefficient (Wildman–Crippen LogP) is 1.46. The van der Waals surface area contributed by atoms with Crippen molar-refractivity contribution in [3.63, 3.8) is 0 Å². The maximum absolute atomic E-state index is 12.2. The number of anilines is 1. The van der Waals surface area contributed by atoms with E-state index in [-0.39, 0.29) is 29.1 Å². The smallest absolute Gasteiger partial charge is 0.251 e. The maximum Gasteiger partial charge on any atom is 0.251 e. The van der Waals surface area contributed by atoms with Gasteiger partial charge in [0.05, 0.1) is 17.9 Å². The van der Waals surface area contributed by atoms with Gasteiger partial charge in [-0.1, -0.05) is 42.1 Å². The Hall–Kier alpha value is -3.92. The van der Waals surface area contributed by atoms with E-state index < -0.39 is 11.5 Å². The Morgan fingerprint density at radius 3 is 2.41 bits per heavy atom. The van der Waals surface area contributed by atoms with Gasteiger partial charge in [0, 0.05) is 23.9 Å². The second kappa shape index (κ2) is 10.9. The van der Waals surface area contributed by atoms with Crippen molar-refractivity contribution in [1.82, 2.24) is 15.3 Å². The highest BCUT2D eigenvalue weighted by molar-refractivity contribution is 7.99. The minimum absolute atomic E-state index is 0.00975. The van der Waals surface area contributed by atoms with Crippen LogP contribution in [0.15, 0.2) is 70.6 Å². The van der Waals surface area contributed by atoms with Crippen LogP contribution in [0, 0.1) is 0 Å². The summed E-state index contributed by atoms with van der Waals surface area (Å²) in [5, 5.41) is 5.70. The number of nitrogens with two attached hydrogens (primary N) is 1. The molecule has 0 unspecified atom stereocenters. The van der Waals surface area contributed by atoms with Gasteiger partial charge in [0.15, 0.2) is 5.16 Å². The molecule has 2 aromatic carbocycles. The van der Waals surface area contributed by atoms with Crippen LogP contribution in [0.5, 0.6) is 0 Å². The standard InChI is InChI=1S/C22H21N5O4S/c23-21(31)15-6-8-16(9-7-15)25-20(30)13-32-22-26-17(11-19(29)27-22)10-18(28)24-12-14-4-2-1-3-5-14/h1-9,11H,10,12-13H2,(H2,23,31)(H,24,28)(H,25,30)(H,26,27,29).